The van der Waals surface area contributed by atoms with Crippen molar-refractivity contribution in [3.63, 3.8) is 0 Å². The quantitative estimate of drug-likeness (QED) is 0.758. The summed E-state index contributed by atoms with van der Waals surface area (Å²) in [4.78, 5) is 33.8. The van der Waals surface area contributed by atoms with Crippen LogP contribution in [0.4, 0.5) is 18.9 Å². The lowest BCUT2D eigenvalue weighted by molar-refractivity contribution is -0.157. The number of carbonyl (C=O) groups excluding carboxylic acids is 2. The maximum Gasteiger partial charge on any atom is 0.391 e. The number of nitrogens with one attached hydrogen (secondary N) is 2. The summed E-state index contributed by atoms with van der Waals surface area (Å²) in [6.45, 7) is 1.22. The molecule has 1 unspecified atom stereocenters. The van der Waals surface area contributed by atoms with Crippen LogP contribution >= 0.6 is 11.6 Å². The summed E-state index contributed by atoms with van der Waals surface area (Å²) in [5, 5.41) is 12.8. The molecule has 0 saturated carbocycles. The van der Waals surface area contributed by atoms with Crippen LogP contribution in [0.15, 0.2) is 18.2 Å². The van der Waals surface area contributed by atoms with Gasteiger partial charge in [-0.15, -0.1) is 0 Å². The van der Waals surface area contributed by atoms with E-state index in [1.54, 1.807) is 5.32 Å². The molecule has 0 aliphatic rings. The average Bonchev–Trinajstić information content (AvgIpc) is 2.37. The van der Waals surface area contributed by atoms with Gasteiger partial charge in [0.2, 0.25) is 5.91 Å². The van der Waals surface area contributed by atoms with Crippen LogP contribution in [0.1, 0.15) is 23.7 Å². The maximum absolute atomic E-state index is 12.3. The summed E-state index contributed by atoms with van der Waals surface area (Å²) in [7, 11) is 0. The second-order valence-electron chi connectivity index (χ2n) is 4.56. The number of hydrogen-bond acceptors (Lipinski definition) is 3. The Bertz CT molecular complexity index is 634. The molecule has 1 aromatic rings. The molecule has 0 bridgehead atoms. The van der Waals surface area contributed by atoms with Gasteiger partial charge in [-0.05, 0) is 18.2 Å². The van der Waals surface area contributed by atoms with E-state index >= 15 is 0 Å². The van der Waals surface area contributed by atoms with E-state index in [9.17, 15) is 27.6 Å². The Morgan fingerprint density at radius 1 is 1.30 bits per heavy atom. The third-order valence-electron chi connectivity index (χ3n) is 2.57. The molecule has 0 saturated heterocycles. The zero-order valence-electron chi connectivity index (χ0n) is 11.7. The maximum atomic E-state index is 12.3. The van der Waals surface area contributed by atoms with E-state index in [-0.39, 0.29) is 16.3 Å². The van der Waals surface area contributed by atoms with Gasteiger partial charge < -0.3 is 15.7 Å². The Balaban J connectivity index is 2.99. The zero-order valence-corrected chi connectivity index (χ0v) is 12.5. The van der Waals surface area contributed by atoms with Crippen molar-refractivity contribution in [2.75, 3.05) is 5.32 Å². The highest BCUT2D eigenvalue weighted by molar-refractivity contribution is 6.34. The molecule has 1 rings (SSSR count). The lowest BCUT2D eigenvalue weighted by Gasteiger charge is -2.17. The van der Waals surface area contributed by atoms with Crippen molar-refractivity contribution in [1.82, 2.24) is 5.32 Å². The molecule has 1 atom stereocenters. The average molecular weight is 353 g/mol. The molecular formula is C13H12ClF3N2O4. The summed E-state index contributed by atoms with van der Waals surface area (Å²) in [6.07, 6.45) is -6.49. The van der Waals surface area contributed by atoms with Gasteiger partial charge in [0.05, 0.1) is 17.0 Å². The molecule has 0 aliphatic carbocycles. The van der Waals surface area contributed by atoms with Crippen molar-refractivity contribution in [2.45, 2.75) is 25.6 Å². The topological polar surface area (TPSA) is 95.5 Å². The smallest absolute Gasteiger partial charge is 0.391 e. The fourth-order valence-electron chi connectivity index (χ4n) is 1.65. The number of alkyl halides is 3. The lowest BCUT2D eigenvalue weighted by Crippen LogP contribution is -2.43. The van der Waals surface area contributed by atoms with Crippen molar-refractivity contribution < 1.29 is 32.7 Å². The number of amides is 2. The normalized spacial score (nSPS) is 12.4. The van der Waals surface area contributed by atoms with Gasteiger partial charge in [0.15, 0.2) is 0 Å². The zero-order chi connectivity index (χ0) is 17.8. The van der Waals surface area contributed by atoms with Crippen LogP contribution in [0.25, 0.3) is 0 Å². The van der Waals surface area contributed by atoms with E-state index in [0.29, 0.717) is 0 Å². The van der Waals surface area contributed by atoms with Gasteiger partial charge in [-0.25, -0.2) is 4.79 Å². The van der Waals surface area contributed by atoms with Gasteiger partial charge >= 0.3 is 12.1 Å². The Morgan fingerprint density at radius 3 is 2.39 bits per heavy atom. The molecule has 1 aromatic carbocycles. The molecule has 23 heavy (non-hydrogen) atoms. The molecule has 126 valence electrons. The molecule has 0 fully saturated rings. The van der Waals surface area contributed by atoms with Gasteiger partial charge in [-0.2, -0.15) is 13.2 Å². The molecule has 10 heteroatoms. The Hall–Kier alpha value is -2.29. The molecule has 2 amide bonds. The first-order valence-electron chi connectivity index (χ1n) is 6.17. The number of halogens is 4. The van der Waals surface area contributed by atoms with Gasteiger partial charge in [0, 0.05) is 12.6 Å². The first kappa shape index (κ1) is 18.8. The molecule has 0 aliphatic heterocycles. The highest BCUT2D eigenvalue weighted by Gasteiger charge is 2.36. The van der Waals surface area contributed by atoms with Crippen LogP contribution in [-0.4, -0.2) is 35.1 Å². The largest absolute Gasteiger partial charge is 0.480 e. The first-order valence-corrected chi connectivity index (χ1v) is 6.55. The molecule has 0 radical (unpaired) electrons. The van der Waals surface area contributed by atoms with Gasteiger partial charge in [0.1, 0.15) is 6.04 Å². The van der Waals surface area contributed by atoms with Crippen LogP contribution in [0, 0.1) is 0 Å². The van der Waals surface area contributed by atoms with Crippen molar-refractivity contribution >= 4 is 35.1 Å². The molecule has 0 spiro atoms. The molecule has 6 nitrogen and oxygen atoms in total. The van der Waals surface area contributed by atoms with Crippen LogP contribution in [0.2, 0.25) is 5.02 Å². The summed E-state index contributed by atoms with van der Waals surface area (Å²) >= 11 is 5.78. The van der Waals surface area contributed by atoms with E-state index < -0.39 is 36.4 Å². The summed E-state index contributed by atoms with van der Waals surface area (Å²) < 4.78 is 37.0. The Kier molecular flexibility index (Phi) is 5.97. The molecular weight excluding hydrogens is 341 g/mol. The lowest BCUT2D eigenvalue weighted by atomic mass is 10.1. The van der Waals surface area contributed by atoms with E-state index in [0.717, 1.165) is 6.07 Å². The Morgan fingerprint density at radius 2 is 1.91 bits per heavy atom. The first-order chi connectivity index (χ1) is 10.5. The van der Waals surface area contributed by atoms with Crippen LogP contribution in [-0.2, 0) is 9.59 Å². The highest BCUT2D eigenvalue weighted by atomic mass is 35.5. The number of aliphatic carboxylic acids is 1. The minimum Gasteiger partial charge on any atom is -0.480 e. The fourth-order valence-corrected chi connectivity index (χ4v) is 1.85. The van der Waals surface area contributed by atoms with Crippen molar-refractivity contribution in [3.05, 3.63) is 28.8 Å². The van der Waals surface area contributed by atoms with Gasteiger partial charge in [-0.1, -0.05) is 11.6 Å². The Labute approximate surface area is 133 Å². The minimum absolute atomic E-state index is 0.104. The third kappa shape index (κ3) is 6.15. The third-order valence-corrected chi connectivity index (χ3v) is 2.90. The van der Waals surface area contributed by atoms with Gasteiger partial charge in [0.25, 0.3) is 5.91 Å². The van der Waals surface area contributed by atoms with Crippen molar-refractivity contribution in [1.29, 1.82) is 0 Å². The van der Waals surface area contributed by atoms with E-state index in [1.165, 1.54) is 19.1 Å². The van der Waals surface area contributed by atoms with E-state index in [2.05, 4.69) is 5.32 Å². The van der Waals surface area contributed by atoms with Crippen LogP contribution in [0.5, 0.6) is 0 Å². The summed E-state index contributed by atoms with van der Waals surface area (Å²) in [5.74, 6) is -3.36. The predicted octanol–water partition coefficient (Wildman–Crippen LogP) is 2.43. The predicted molar refractivity (Wildman–Crippen MR) is 75.3 cm³/mol. The number of carboxylic acids is 1. The molecule has 0 heterocycles. The standard InChI is InChI=1S/C13H12ClF3N2O4/c1-6(20)18-7-2-3-9(14)8(4-7)11(21)19-10(12(22)23)5-13(15,16)17/h2-4,10H,5H2,1H3,(H,18,20)(H,19,21)(H,22,23). The minimum atomic E-state index is -4.77. The van der Waals surface area contributed by atoms with Crippen LogP contribution in [0.3, 0.4) is 0 Å². The van der Waals surface area contributed by atoms with Gasteiger partial charge in [-0.3, -0.25) is 9.59 Å². The number of rotatable bonds is 5. The fraction of sp³-hybridized carbons (Fsp3) is 0.308. The van der Waals surface area contributed by atoms with Crippen molar-refractivity contribution in [2.24, 2.45) is 0 Å². The number of carboxylic acid groups (broad SMARTS) is 1. The number of carbonyl (C=O) groups is 3. The highest BCUT2D eigenvalue weighted by Crippen LogP contribution is 2.24. The number of hydrogen-bond donors (Lipinski definition) is 3. The molecule has 3 N–H and O–H groups in total. The van der Waals surface area contributed by atoms with E-state index in [4.69, 9.17) is 16.7 Å². The molecule has 0 aromatic heterocycles. The SMILES string of the molecule is CC(=O)Nc1ccc(Cl)c(C(=O)NC(CC(F)(F)F)C(=O)O)c1. The number of benzene rings is 1. The van der Waals surface area contributed by atoms with Crippen molar-refractivity contribution in [3.8, 4) is 0 Å². The second-order valence-corrected chi connectivity index (χ2v) is 4.97. The second kappa shape index (κ2) is 7.32. The van der Waals surface area contributed by atoms with E-state index in [1.807, 2.05) is 0 Å². The summed E-state index contributed by atoms with van der Waals surface area (Å²) in [6, 6.07) is 1.61. The summed E-state index contributed by atoms with van der Waals surface area (Å²) in [5.41, 5.74) is -0.0684. The van der Waals surface area contributed by atoms with Crippen LogP contribution < -0.4 is 10.6 Å². The monoisotopic (exact) mass is 352 g/mol. The number of anilines is 1.